The van der Waals surface area contributed by atoms with Gasteiger partial charge in [0.25, 0.3) is 0 Å². The SMILES string of the molecule is Cc1ccccc1N[C@H](C)CC(C)C. The summed E-state index contributed by atoms with van der Waals surface area (Å²) in [6.07, 6.45) is 1.22. The molecule has 0 aromatic heterocycles. The molecule has 0 heterocycles. The van der Waals surface area contributed by atoms with Crippen LogP contribution in [-0.2, 0) is 0 Å². The Morgan fingerprint density at radius 1 is 1.14 bits per heavy atom. The Bertz CT molecular complexity index is 278. The topological polar surface area (TPSA) is 12.0 Å². The van der Waals surface area contributed by atoms with E-state index in [1.165, 1.54) is 17.7 Å². The van der Waals surface area contributed by atoms with Gasteiger partial charge in [-0.05, 0) is 37.8 Å². The maximum absolute atomic E-state index is 3.54. The van der Waals surface area contributed by atoms with Crippen LogP contribution in [0.5, 0.6) is 0 Å². The van der Waals surface area contributed by atoms with E-state index in [4.69, 9.17) is 0 Å². The van der Waals surface area contributed by atoms with Crippen molar-refractivity contribution in [3.05, 3.63) is 29.8 Å². The normalized spacial score (nSPS) is 12.9. The molecule has 1 atom stereocenters. The van der Waals surface area contributed by atoms with Gasteiger partial charge in [0.15, 0.2) is 0 Å². The first-order valence-electron chi connectivity index (χ1n) is 5.41. The fraction of sp³-hybridized carbons (Fsp3) is 0.538. The third-order valence-corrected chi connectivity index (χ3v) is 2.37. The van der Waals surface area contributed by atoms with Crippen LogP contribution >= 0.6 is 0 Å². The second-order valence-corrected chi connectivity index (χ2v) is 4.49. The highest BCUT2D eigenvalue weighted by atomic mass is 14.9. The van der Waals surface area contributed by atoms with Crippen molar-refractivity contribution in [1.82, 2.24) is 0 Å². The molecule has 0 bridgehead atoms. The van der Waals surface area contributed by atoms with Crippen molar-refractivity contribution in [3.63, 3.8) is 0 Å². The zero-order valence-corrected chi connectivity index (χ0v) is 9.67. The number of hydrogen-bond acceptors (Lipinski definition) is 1. The molecule has 1 nitrogen and oxygen atoms in total. The van der Waals surface area contributed by atoms with E-state index in [-0.39, 0.29) is 0 Å². The zero-order valence-electron chi connectivity index (χ0n) is 9.67. The Morgan fingerprint density at radius 3 is 2.36 bits per heavy atom. The van der Waals surface area contributed by atoms with E-state index in [0.717, 1.165) is 5.92 Å². The van der Waals surface area contributed by atoms with Gasteiger partial charge < -0.3 is 5.32 Å². The van der Waals surface area contributed by atoms with Gasteiger partial charge in [-0.2, -0.15) is 0 Å². The molecule has 78 valence electrons. The highest BCUT2D eigenvalue weighted by Gasteiger charge is 2.05. The van der Waals surface area contributed by atoms with Crippen LogP contribution in [0.3, 0.4) is 0 Å². The van der Waals surface area contributed by atoms with E-state index in [2.05, 4.69) is 57.3 Å². The van der Waals surface area contributed by atoms with Crippen molar-refractivity contribution in [2.45, 2.75) is 40.2 Å². The van der Waals surface area contributed by atoms with E-state index in [0.29, 0.717) is 6.04 Å². The summed E-state index contributed by atoms with van der Waals surface area (Å²) in [5.41, 5.74) is 2.59. The average Bonchev–Trinajstić information content (AvgIpc) is 2.07. The molecule has 0 fully saturated rings. The third kappa shape index (κ3) is 3.41. The Balaban J connectivity index is 2.56. The fourth-order valence-electron chi connectivity index (χ4n) is 1.77. The van der Waals surface area contributed by atoms with Gasteiger partial charge in [-0.15, -0.1) is 0 Å². The Kier molecular flexibility index (Phi) is 3.99. The largest absolute Gasteiger partial charge is 0.382 e. The fourth-order valence-corrected chi connectivity index (χ4v) is 1.77. The second kappa shape index (κ2) is 5.04. The van der Waals surface area contributed by atoms with Crippen LogP contribution in [0.2, 0.25) is 0 Å². The van der Waals surface area contributed by atoms with Crippen molar-refractivity contribution in [2.75, 3.05) is 5.32 Å². The molecule has 0 saturated heterocycles. The molecule has 0 unspecified atom stereocenters. The van der Waals surface area contributed by atoms with Crippen LogP contribution < -0.4 is 5.32 Å². The van der Waals surface area contributed by atoms with E-state index in [9.17, 15) is 0 Å². The summed E-state index contributed by atoms with van der Waals surface area (Å²) in [4.78, 5) is 0. The summed E-state index contributed by atoms with van der Waals surface area (Å²) in [5, 5.41) is 3.54. The lowest BCUT2D eigenvalue weighted by Crippen LogP contribution is -2.17. The first kappa shape index (κ1) is 11.1. The van der Waals surface area contributed by atoms with Gasteiger partial charge >= 0.3 is 0 Å². The number of rotatable bonds is 4. The monoisotopic (exact) mass is 191 g/mol. The number of para-hydroxylation sites is 1. The maximum Gasteiger partial charge on any atom is 0.0371 e. The lowest BCUT2D eigenvalue weighted by atomic mass is 10.0. The molecule has 0 aliphatic carbocycles. The molecule has 1 aromatic rings. The highest BCUT2D eigenvalue weighted by Crippen LogP contribution is 2.16. The summed E-state index contributed by atoms with van der Waals surface area (Å²) in [6, 6.07) is 9.00. The van der Waals surface area contributed by atoms with E-state index >= 15 is 0 Å². The molecule has 0 amide bonds. The average molecular weight is 191 g/mol. The van der Waals surface area contributed by atoms with Crippen molar-refractivity contribution in [2.24, 2.45) is 5.92 Å². The van der Waals surface area contributed by atoms with Gasteiger partial charge in [0.05, 0.1) is 0 Å². The molecule has 1 aromatic carbocycles. The summed E-state index contributed by atoms with van der Waals surface area (Å²) in [6.45, 7) is 8.91. The predicted molar refractivity (Wildman–Crippen MR) is 63.7 cm³/mol. The Hall–Kier alpha value is -0.980. The second-order valence-electron chi connectivity index (χ2n) is 4.49. The van der Waals surface area contributed by atoms with Crippen LogP contribution in [0.1, 0.15) is 32.8 Å². The minimum atomic E-state index is 0.552. The van der Waals surface area contributed by atoms with Crippen LogP contribution in [0.15, 0.2) is 24.3 Å². The van der Waals surface area contributed by atoms with Gasteiger partial charge in [0.1, 0.15) is 0 Å². The van der Waals surface area contributed by atoms with Crippen molar-refractivity contribution >= 4 is 5.69 Å². The summed E-state index contributed by atoms with van der Waals surface area (Å²) in [7, 11) is 0. The maximum atomic E-state index is 3.54. The molecular weight excluding hydrogens is 170 g/mol. The van der Waals surface area contributed by atoms with Crippen molar-refractivity contribution in [1.29, 1.82) is 0 Å². The lowest BCUT2D eigenvalue weighted by Gasteiger charge is -2.18. The van der Waals surface area contributed by atoms with Gasteiger partial charge in [-0.3, -0.25) is 0 Å². The van der Waals surface area contributed by atoms with Crippen LogP contribution in [0, 0.1) is 12.8 Å². The molecule has 1 rings (SSSR count). The van der Waals surface area contributed by atoms with Gasteiger partial charge in [-0.1, -0.05) is 32.0 Å². The van der Waals surface area contributed by atoms with E-state index in [1.807, 2.05) is 0 Å². The summed E-state index contributed by atoms with van der Waals surface area (Å²) < 4.78 is 0. The predicted octanol–water partition coefficient (Wildman–Crippen LogP) is 3.84. The Morgan fingerprint density at radius 2 is 1.79 bits per heavy atom. The molecule has 14 heavy (non-hydrogen) atoms. The first-order valence-corrected chi connectivity index (χ1v) is 5.41. The molecule has 0 radical (unpaired) electrons. The Labute approximate surface area is 87.5 Å². The minimum absolute atomic E-state index is 0.552. The van der Waals surface area contributed by atoms with Crippen molar-refractivity contribution < 1.29 is 0 Å². The van der Waals surface area contributed by atoms with Crippen LogP contribution in [0.25, 0.3) is 0 Å². The summed E-state index contributed by atoms with van der Waals surface area (Å²) >= 11 is 0. The number of anilines is 1. The lowest BCUT2D eigenvalue weighted by molar-refractivity contribution is 0.539. The molecule has 1 N–H and O–H groups in total. The summed E-state index contributed by atoms with van der Waals surface area (Å²) in [5.74, 6) is 0.751. The zero-order chi connectivity index (χ0) is 10.6. The molecule has 0 aliphatic heterocycles. The minimum Gasteiger partial charge on any atom is -0.382 e. The van der Waals surface area contributed by atoms with Gasteiger partial charge in [-0.25, -0.2) is 0 Å². The van der Waals surface area contributed by atoms with Gasteiger partial charge in [0, 0.05) is 11.7 Å². The van der Waals surface area contributed by atoms with Crippen LogP contribution in [0.4, 0.5) is 5.69 Å². The molecule has 0 aliphatic rings. The molecule has 0 saturated carbocycles. The smallest absolute Gasteiger partial charge is 0.0371 e. The number of hydrogen-bond donors (Lipinski definition) is 1. The standard InChI is InChI=1S/C13H21N/c1-10(2)9-12(4)14-13-8-6-5-7-11(13)3/h5-8,10,12,14H,9H2,1-4H3/t12-/m1/s1. The van der Waals surface area contributed by atoms with Gasteiger partial charge in [0.2, 0.25) is 0 Å². The quantitative estimate of drug-likeness (QED) is 0.762. The molecule has 1 heteroatoms. The number of aryl methyl sites for hydroxylation is 1. The van der Waals surface area contributed by atoms with E-state index in [1.54, 1.807) is 0 Å². The number of benzene rings is 1. The first-order chi connectivity index (χ1) is 6.59. The van der Waals surface area contributed by atoms with Crippen LogP contribution in [-0.4, -0.2) is 6.04 Å². The van der Waals surface area contributed by atoms with Crippen molar-refractivity contribution in [3.8, 4) is 0 Å². The highest BCUT2D eigenvalue weighted by molar-refractivity contribution is 5.50. The van der Waals surface area contributed by atoms with E-state index < -0.39 is 0 Å². The number of nitrogens with one attached hydrogen (secondary N) is 1. The molecular formula is C13H21N. The third-order valence-electron chi connectivity index (χ3n) is 2.37. The molecule has 0 spiro atoms.